The van der Waals surface area contributed by atoms with Crippen molar-refractivity contribution in [2.24, 2.45) is 5.41 Å². The number of hydrogen-bond acceptors (Lipinski definition) is 3. The molecule has 13 heavy (non-hydrogen) atoms. The first-order chi connectivity index (χ1) is 5.88. The Hall–Kier alpha value is -1.01. The molecule has 0 aromatic carbocycles. The highest BCUT2D eigenvalue weighted by atomic mass is 16.5. The fourth-order valence-corrected chi connectivity index (χ4v) is 0.511. The van der Waals surface area contributed by atoms with Crippen LogP contribution in [-0.4, -0.2) is 23.8 Å². The van der Waals surface area contributed by atoms with Gasteiger partial charge in [0.05, 0.1) is 6.61 Å². The Labute approximate surface area is 79.1 Å². The molecular weight excluding hydrogens is 168 g/mol. The Morgan fingerprint density at radius 3 is 2.46 bits per heavy atom. The third-order valence-corrected chi connectivity index (χ3v) is 1.41. The Kier molecular flexibility index (Phi) is 4.50. The average molecular weight is 184 g/mol. The lowest BCUT2D eigenvalue weighted by molar-refractivity contribution is -0.136. The predicted molar refractivity (Wildman–Crippen MR) is 49.9 cm³/mol. The lowest BCUT2D eigenvalue weighted by Crippen LogP contribution is -2.24. The van der Waals surface area contributed by atoms with Gasteiger partial charge in [0.1, 0.15) is 6.10 Å². The van der Waals surface area contributed by atoms with Crippen molar-refractivity contribution in [3.8, 4) is 11.8 Å². The summed E-state index contributed by atoms with van der Waals surface area (Å²) < 4.78 is 4.58. The third kappa shape index (κ3) is 5.26. The zero-order chi connectivity index (χ0) is 10.5. The van der Waals surface area contributed by atoms with Crippen molar-refractivity contribution in [2.45, 2.75) is 33.8 Å². The summed E-state index contributed by atoms with van der Waals surface area (Å²) in [5, 5.41) is 9.42. The summed E-state index contributed by atoms with van der Waals surface area (Å²) in [6, 6.07) is 0. The molecule has 0 saturated heterocycles. The van der Waals surface area contributed by atoms with Gasteiger partial charge in [-0.3, -0.25) is 0 Å². The zero-order valence-corrected chi connectivity index (χ0v) is 8.55. The second-order valence-corrected chi connectivity index (χ2v) is 3.76. The molecule has 74 valence electrons. The van der Waals surface area contributed by atoms with Gasteiger partial charge in [-0.25, -0.2) is 4.79 Å². The first-order valence-corrected chi connectivity index (χ1v) is 4.24. The van der Waals surface area contributed by atoms with Crippen LogP contribution >= 0.6 is 0 Å². The van der Waals surface area contributed by atoms with Crippen LogP contribution in [0.15, 0.2) is 0 Å². The summed E-state index contributed by atoms with van der Waals surface area (Å²) in [5.74, 6) is 4.08. The van der Waals surface area contributed by atoms with Crippen molar-refractivity contribution in [1.82, 2.24) is 0 Å². The Bertz CT molecular complexity index is 227. The van der Waals surface area contributed by atoms with E-state index in [0.29, 0.717) is 6.61 Å². The summed E-state index contributed by atoms with van der Waals surface area (Å²) in [7, 11) is 0. The molecular formula is C10H16O3. The van der Waals surface area contributed by atoms with Crippen molar-refractivity contribution in [1.29, 1.82) is 0 Å². The van der Waals surface area contributed by atoms with Crippen molar-refractivity contribution in [2.75, 3.05) is 6.61 Å². The molecule has 0 aromatic rings. The molecule has 3 heteroatoms. The van der Waals surface area contributed by atoms with Gasteiger partial charge in [0, 0.05) is 5.92 Å². The summed E-state index contributed by atoms with van der Waals surface area (Å²) in [6.07, 6.45) is -0.808. The van der Waals surface area contributed by atoms with Crippen LogP contribution in [0.3, 0.4) is 0 Å². The molecule has 0 bridgehead atoms. The van der Waals surface area contributed by atoms with Crippen LogP contribution in [0.5, 0.6) is 0 Å². The standard InChI is InChI=1S/C10H16O3/c1-5-13-9(12)7-6-8(11)10(2,3)4/h8,11H,5H2,1-4H3. The van der Waals surface area contributed by atoms with Crippen molar-refractivity contribution >= 4 is 5.97 Å². The zero-order valence-electron chi connectivity index (χ0n) is 8.55. The van der Waals surface area contributed by atoms with Crippen LogP contribution in [0.2, 0.25) is 0 Å². The predicted octanol–water partition coefficient (Wildman–Crippen LogP) is 0.960. The van der Waals surface area contributed by atoms with Crippen LogP contribution in [-0.2, 0) is 9.53 Å². The van der Waals surface area contributed by atoms with Crippen LogP contribution in [0.1, 0.15) is 27.7 Å². The summed E-state index contributed by atoms with van der Waals surface area (Å²) in [6.45, 7) is 7.55. The topological polar surface area (TPSA) is 46.5 Å². The van der Waals surface area contributed by atoms with E-state index in [9.17, 15) is 9.90 Å². The van der Waals surface area contributed by atoms with Gasteiger partial charge in [-0.15, -0.1) is 0 Å². The van der Waals surface area contributed by atoms with Gasteiger partial charge >= 0.3 is 5.97 Å². The van der Waals surface area contributed by atoms with Crippen LogP contribution < -0.4 is 0 Å². The monoisotopic (exact) mass is 184 g/mol. The van der Waals surface area contributed by atoms with E-state index in [1.54, 1.807) is 6.92 Å². The molecule has 0 rings (SSSR count). The average Bonchev–Trinajstić information content (AvgIpc) is 1.99. The molecule has 0 aromatic heterocycles. The molecule has 3 nitrogen and oxygen atoms in total. The van der Waals surface area contributed by atoms with Crippen LogP contribution in [0.4, 0.5) is 0 Å². The van der Waals surface area contributed by atoms with E-state index in [4.69, 9.17) is 0 Å². The molecule has 0 fully saturated rings. The van der Waals surface area contributed by atoms with E-state index < -0.39 is 12.1 Å². The van der Waals surface area contributed by atoms with E-state index in [1.807, 2.05) is 20.8 Å². The molecule has 1 unspecified atom stereocenters. The highest BCUT2D eigenvalue weighted by Gasteiger charge is 2.19. The summed E-state index contributed by atoms with van der Waals surface area (Å²) >= 11 is 0. The van der Waals surface area contributed by atoms with Gasteiger partial charge in [-0.05, 0) is 12.3 Å². The number of ether oxygens (including phenoxy) is 1. The molecule has 0 amide bonds. The highest BCUT2D eigenvalue weighted by molar-refractivity contribution is 5.88. The van der Waals surface area contributed by atoms with E-state index >= 15 is 0 Å². The first-order valence-electron chi connectivity index (χ1n) is 4.24. The fraction of sp³-hybridized carbons (Fsp3) is 0.700. The minimum absolute atomic E-state index is 0.305. The van der Waals surface area contributed by atoms with Gasteiger partial charge in [-0.1, -0.05) is 26.7 Å². The van der Waals surface area contributed by atoms with Gasteiger partial charge in [0.25, 0.3) is 0 Å². The van der Waals surface area contributed by atoms with Gasteiger partial charge in [-0.2, -0.15) is 0 Å². The minimum atomic E-state index is -0.808. The minimum Gasteiger partial charge on any atom is -0.456 e. The Morgan fingerprint density at radius 2 is 2.08 bits per heavy atom. The lowest BCUT2D eigenvalue weighted by Gasteiger charge is -2.20. The lowest BCUT2D eigenvalue weighted by atomic mass is 9.90. The Morgan fingerprint density at radius 1 is 1.54 bits per heavy atom. The maximum Gasteiger partial charge on any atom is 0.384 e. The SMILES string of the molecule is CCOC(=O)C#CC(O)C(C)(C)C. The molecule has 0 aliphatic carbocycles. The highest BCUT2D eigenvalue weighted by Crippen LogP contribution is 2.17. The van der Waals surface area contributed by atoms with Crippen LogP contribution in [0, 0.1) is 17.3 Å². The number of carbonyl (C=O) groups excluding carboxylic acids is 1. The molecule has 1 atom stereocenters. The number of esters is 1. The molecule has 0 saturated carbocycles. The van der Waals surface area contributed by atoms with E-state index in [2.05, 4.69) is 16.6 Å². The number of hydrogen-bond donors (Lipinski definition) is 1. The molecule has 0 aliphatic rings. The molecule has 0 aliphatic heterocycles. The van der Waals surface area contributed by atoms with E-state index in [1.165, 1.54) is 0 Å². The molecule has 0 spiro atoms. The number of aliphatic hydroxyl groups is 1. The third-order valence-electron chi connectivity index (χ3n) is 1.41. The summed E-state index contributed by atoms with van der Waals surface area (Å²) in [5.41, 5.74) is -0.334. The maximum absolute atomic E-state index is 10.8. The van der Waals surface area contributed by atoms with Gasteiger partial charge < -0.3 is 9.84 Å². The van der Waals surface area contributed by atoms with E-state index in [0.717, 1.165) is 0 Å². The summed E-state index contributed by atoms with van der Waals surface area (Å²) in [4.78, 5) is 10.8. The maximum atomic E-state index is 10.8. The smallest absolute Gasteiger partial charge is 0.384 e. The Balaban J connectivity index is 4.18. The van der Waals surface area contributed by atoms with E-state index in [-0.39, 0.29) is 5.41 Å². The molecule has 1 N–H and O–H groups in total. The van der Waals surface area contributed by atoms with Crippen molar-refractivity contribution in [3.05, 3.63) is 0 Å². The second kappa shape index (κ2) is 4.88. The second-order valence-electron chi connectivity index (χ2n) is 3.76. The molecule has 0 heterocycles. The van der Waals surface area contributed by atoms with Crippen molar-refractivity contribution in [3.63, 3.8) is 0 Å². The number of aliphatic hydroxyl groups excluding tert-OH is 1. The number of rotatable bonds is 1. The van der Waals surface area contributed by atoms with Crippen molar-refractivity contribution < 1.29 is 14.6 Å². The van der Waals surface area contributed by atoms with Gasteiger partial charge in [0.2, 0.25) is 0 Å². The quantitative estimate of drug-likeness (QED) is 0.375. The van der Waals surface area contributed by atoms with Crippen LogP contribution in [0.25, 0.3) is 0 Å². The van der Waals surface area contributed by atoms with Gasteiger partial charge in [0.15, 0.2) is 0 Å². The fourth-order valence-electron chi connectivity index (χ4n) is 0.511. The number of carbonyl (C=O) groups is 1. The normalized spacial score (nSPS) is 12.7. The first kappa shape index (κ1) is 12.0. The largest absolute Gasteiger partial charge is 0.456 e. The molecule has 0 radical (unpaired) electrons.